The molecular weight excluding hydrogens is 424 g/mol. The third-order valence-corrected chi connectivity index (χ3v) is 5.86. The predicted molar refractivity (Wildman–Crippen MR) is 134 cm³/mol. The Morgan fingerprint density at radius 3 is 2.47 bits per heavy atom. The van der Waals surface area contributed by atoms with Crippen molar-refractivity contribution in [1.82, 2.24) is 25.4 Å². The van der Waals surface area contributed by atoms with Gasteiger partial charge < -0.3 is 0 Å². The van der Waals surface area contributed by atoms with Crippen molar-refractivity contribution in [2.45, 2.75) is 20.8 Å². The zero-order chi connectivity index (χ0) is 23.7. The molecule has 3 aromatic carbocycles. The first-order chi connectivity index (χ1) is 16.5. The Labute approximate surface area is 197 Å². The van der Waals surface area contributed by atoms with Crippen LogP contribution in [0.3, 0.4) is 0 Å². The van der Waals surface area contributed by atoms with Crippen LogP contribution in [-0.2, 0) is 0 Å². The van der Waals surface area contributed by atoms with Crippen LogP contribution < -0.4 is 5.43 Å². The number of nitrogens with zero attached hydrogens (tertiary/aromatic N) is 4. The Balaban J connectivity index is 1.35. The topological polar surface area (TPSA) is 88.0 Å². The second kappa shape index (κ2) is 8.78. The highest BCUT2D eigenvalue weighted by Crippen LogP contribution is 2.27. The molecule has 0 radical (unpaired) electrons. The van der Waals surface area contributed by atoms with Crippen LogP contribution in [0.25, 0.3) is 27.7 Å². The van der Waals surface area contributed by atoms with Crippen LogP contribution >= 0.6 is 0 Å². The summed E-state index contributed by atoms with van der Waals surface area (Å²) in [7, 11) is 0. The van der Waals surface area contributed by atoms with Crippen molar-refractivity contribution in [2.24, 2.45) is 5.10 Å². The number of hydrogen-bond donors (Lipinski definition) is 2. The normalized spacial score (nSPS) is 11.7. The number of aromatic amines is 1. The van der Waals surface area contributed by atoms with Gasteiger partial charge in [0.15, 0.2) is 0 Å². The van der Waals surface area contributed by atoms with Crippen LogP contribution in [0.4, 0.5) is 0 Å². The Kier molecular flexibility index (Phi) is 5.51. The van der Waals surface area contributed by atoms with Gasteiger partial charge in [-0.1, -0.05) is 54.6 Å². The second-order valence-electron chi connectivity index (χ2n) is 8.16. The fourth-order valence-electron chi connectivity index (χ4n) is 4.07. The zero-order valence-electron chi connectivity index (χ0n) is 19.2. The number of amides is 1. The minimum absolute atomic E-state index is 0.330. The number of hydrazone groups is 1. The Hall–Kier alpha value is -4.52. The van der Waals surface area contributed by atoms with Gasteiger partial charge in [0.1, 0.15) is 5.69 Å². The molecule has 0 bridgehead atoms. The van der Waals surface area contributed by atoms with E-state index in [2.05, 4.69) is 44.0 Å². The Bertz CT molecular complexity index is 1530. The highest BCUT2D eigenvalue weighted by Gasteiger charge is 2.19. The number of aryl methyl sites for hydroxylation is 1. The summed E-state index contributed by atoms with van der Waals surface area (Å²) in [5.41, 5.74) is 8.95. The van der Waals surface area contributed by atoms with Gasteiger partial charge in [-0.25, -0.2) is 10.1 Å². The van der Waals surface area contributed by atoms with Crippen LogP contribution in [-0.4, -0.2) is 31.6 Å². The third kappa shape index (κ3) is 3.99. The molecule has 0 saturated heterocycles. The molecule has 2 heterocycles. The van der Waals surface area contributed by atoms with Gasteiger partial charge in [0.25, 0.3) is 5.91 Å². The van der Waals surface area contributed by atoms with E-state index in [4.69, 9.17) is 0 Å². The monoisotopic (exact) mass is 448 g/mol. The molecule has 2 aromatic heterocycles. The average molecular weight is 449 g/mol. The van der Waals surface area contributed by atoms with Crippen molar-refractivity contribution >= 4 is 22.4 Å². The van der Waals surface area contributed by atoms with Gasteiger partial charge >= 0.3 is 0 Å². The molecule has 0 atom stereocenters. The molecule has 5 rings (SSSR count). The molecule has 0 fully saturated rings. The Morgan fingerprint density at radius 2 is 1.68 bits per heavy atom. The lowest BCUT2D eigenvalue weighted by Crippen LogP contribution is -2.19. The fourth-order valence-corrected chi connectivity index (χ4v) is 4.07. The minimum Gasteiger partial charge on any atom is -0.272 e. The van der Waals surface area contributed by atoms with Crippen molar-refractivity contribution in [3.05, 3.63) is 102 Å². The smallest absolute Gasteiger partial charge is 0.272 e. The summed E-state index contributed by atoms with van der Waals surface area (Å²) in [6, 6.07) is 25.9. The van der Waals surface area contributed by atoms with E-state index in [1.54, 1.807) is 6.07 Å². The average Bonchev–Trinajstić information content (AvgIpc) is 3.46. The summed E-state index contributed by atoms with van der Waals surface area (Å²) in [6.45, 7) is 5.80. The maximum absolute atomic E-state index is 12.7. The summed E-state index contributed by atoms with van der Waals surface area (Å²) < 4.78 is 1.89. The SMILES string of the molecule is C/C(=N\NC(=O)c1cc(-c2c(C)nn(-c3ccccc3)c2C)n[nH]1)c1ccc2ccccc2c1. The minimum atomic E-state index is -0.357. The van der Waals surface area contributed by atoms with Crippen LogP contribution in [0.1, 0.15) is 34.4 Å². The first kappa shape index (κ1) is 21.3. The fraction of sp³-hybridized carbons (Fsp3) is 0.111. The molecule has 34 heavy (non-hydrogen) atoms. The number of carbonyl (C=O) groups excluding carboxylic acids is 1. The van der Waals surface area contributed by atoms with E-state index in [9.17, 15) is 4.79 Å². The number of hydrogen-bond acceptors (Lipinski definition) is 4. The molecule has 0 aliphatic heterocycles. The molecule has 168 valence electrons. The molecule has 2 N–H and O–H groups in total. The molecule has 0 aliphatic rings. The number of rotatable bonds is 5. The van der Waals surface area contributed by atoms with Gasteiger partial charge in [-0.05, 0) is 61.4 Å². The predicted octanol–water partition coefficient (Wildman–Crippen LogP) is 5.19. The van der Waals surface area contributed by atoms with Gasteiger partial charge in [-0.2, -0.15) is 15.3 Å². The van der Waals surface area contributed by atoms with E-state index in [1.165, 1.54) is 0 Å². The van der Waals surface area contributed by atoms with E-state index in [0.717, 1.165) is 44.7 Å². The highest BCUT2D eigenvalue weighted by molar-refractivity contribution is 6.03. The second-order valence-corrected chi connectivity index (χ2v) is 8.16. The van der Waals surface area contributed by atoms with E-state index in [1.807, 2.05) is 80.1 Å². The summed E-state index contributed by atoms with van der Waals surface area (Å²) in [6.07, 6.45) is 0. The number of aromatic nitrogens is 4. The number of fused-ring (bicyclic) bond motifs is 1. The Morgan fingerprint density at radius 1 is 0.941 bits per heavy atom. The van der Waals surface area contributed by atoms with Crippen molar-refractivity contribution in [1.29, 1.82) is 0 Å². The van der Waals surface area contributed by atoms with Crippen molar-refractivity contribution in [3.63, 3.8) is 0 Å². The summed E-state index contributed by atoms with van der Waals surface area (Å²) in [5.74, 6) is -0.357. The van der Waals surface area contributed by atoms with Gasteiger partial charge in [0.2, 0.25) is 0 Å². The van der Waals surface area contributed by atoms with Gasteiger partial charge in [-0.3, -0.25) is 9.89 Å². The van der Waals surface area contributed by atoms with Crippen molar-refractivity contribution < 1.29 is 4.79 Å². The van der Waals surface area contributed by atoms with Gasteiger partial charge in [-0.15, -0.1) is 0 Å². The summed E-state index contributed by atoms with van der Waals surface area (Å²) in [5, 5.41) is 18.4. The van der Waals surface area contributed by atoms with Crippen LogP contribution in [0.5, 0.6) is 0 Å². The standard InChI is InChI=1S/C27H24N6O/c1-17(21-14-13-20-9-7-8-10-22(20)15-21)28-31-27(34)25-16-24(29-30-25)26-18(2)32-33(19(26)3)23-11-5-4-6-12-23/h4-16H,1-3H3,(H,29,30)(H,31,34)/b28-17+. The number of para-hydroxylation sites is 1. The first-order valence-corrected chi connectivity index (χ1v) is 11.0. The molecule has 1 amide bonds. The lowest BCUT2D eigenvalue weighted by molar-refractivity contribution is 0.0950. The highest BCUT2D eigenvalue weighted by atomic mass is 16.2. The molecule has 5 aromatic rings. The number of nitrogens with one attached hydrogen (secondary N) is 2. The molecule has 7 heteroatoms. The summed E-state index contributed by atoms with van der Waals surface area (Å²) in [4.78, 5) is 12.7. The summed E-state index contributed by atoms with van der Waals surface area (Å²) >= 11 is 0. The molecule has 0 aliphatic carbocycles. The van der Waals surface area contributed by atoms with E-state index >= 15 is 0 Å². The maximum atomic E-state index is 12.7. The third-order valence-electron chi connectivity index (χ3n) is 5.86. The lowest BCUT2D eigenvalue weighted by Gasteiger charge is -2.04. The molecule has 0 spiro atoms. The molecule has 0 unspecified atom stereocenters. The van der Waals surface area contributed by atoms with Crippen LogP contribution in [0, 0.1) is 13.8 Å². The maximum Gasteiger partial charge on any atom is 0.289 e. The zero-order valence-corrected chi connectivity index (χ0v) is 19.2. The van der Waals surface area contributed by atoms with E-state index in [0.29, 0.717) is 11.4 Å². The van der Waals surface area contributed by atoms with Gasteiger partial charge in [0.05, 0.1) is 28.5 Å². The quantitative estimate of drug-likeness (QED) is 0.287. The lowest BCUT2D eigenvalue weighted by atomic mass is 10.0. The number of benzene rings is 3. The largest absolute Gasteiger partial charge is 0.289 e. The van der Waals surface area contributed by atoms with Crippen LogP contribution in [0.15, 0.2) is 84.0 Å². The van der Waals surface area contributed by atoms with Crippen molar-refractivity contribution in [2.75, 3.05) is 0 Å². The van der Waals surface area contributed by atoms with Crippen LogP contribution in [0.2, 0.25) is 0 Å². The number of carbonyl (C=O) groups is 1. The van der Waals surface area contributed by atoms with E-state index < -0.39 is 0 Å². The molecular formula is C27H24N6O. The first-order valence-electron chi connectivity index (χ1n) is 11.0. The number of H-pyrrole nitrogens is 1. The molecule has 0 saturated carbocycles. The molecule has 7 nitrogen and oxygen atoms in total. The van der Waals surface area contributed by atoms with Gasteiger partial charge in [0, 0.05) is 5.56 Å². The van der Waals surface area contributed by atoms with Crippen molar-refractivity contribution in [3.8, 4) is 16.9 Å². The van der Waals surface area contributed by atoms with E-state index in [-0.39, 0.29) is 5.91 Å².